The molecule has 1 aliphatic rings. The van der Waals surface area contributed by atoms with Crippen LogP contribution in [-0.2, 0) is 0 Å². The van der Waals surface area contributed by atoms with Gasteiger partial charge in [-0.25, -0.2) is 0 Å². The molecule has 2 N–H and O–H groups in total. The molecule has 164 valence electrons. The number of anilines is 1. The van der Waals surface area contributed by atoms with Gasteiger partial charge in [0.05, 0.1) is 13.2 Å². The highest BCUT2D eigenvalue weighted by Crippen LogP contribution is 2.43. The van der Waals surface area contributed by atoms with Crippen LogP contribution in [0.4, 0.5) is 5.95 Å². The SMILES string of the molecule is COc1cc2c(Oc3ccc(OC4CCC4)cc3)c(C(=O)Nc3nn[nH]n3)sc2cc1C. The van der Waals surface area contributed by atoms with E-state index in [1.165, 1.54) is 17.8 Å². The summed E-state index contributed by atoms with van der Waals surface area (Å²) < 4.78 is 18.5. The molecule has 1 aliphatic carbocycles. The van der Waals surface area contributed by atoms with Gasteiger partial charge in [-0.1, -0.05) is 5.10 Å². The highest BCUT2D eigenvalue weighted by molar-refractivity contribution is 7.21. The molecule has 0 atom stereocenters. The summed E-state index contributed by atoms with van der Waals surface area (Å²) in [4.78, 5) is 13.4. The Bertz CT molecular complexity index is 1250. The number of aryl methyl sites for hydroxylation is 1. The van der Waals surface area contributed by atoms with Crippen molar-refractivity contribution in [1.29, 1.82) is 0 Å². The van der Waals surface area contributed by atoms with Gasteiger partial charge in [-0.2, -0.15) is 5.21 Å². The minimum atomic E-state index is -0.385. The third-order valence-electron chi connectivity index (χ3n) is 5.34. The summed E-state index contributed by atoms with van der Waals surface area (Å²) >= 11 is 1.33. The molecule has 2 heterocycles. The highest BCUT2D eigenvalue weighted by atomic mass is 32.1. The lowest BCUT2D eigenvalue weighted by molar-refractivity contribution is 0.102. The fourth-order valence-electron chi connectivity index (χ4n) is 3.43. The van der Waals surface area contributed by atoms with E-state index in [0.717, 1.165) is 40.0 Å². The summed E-state index contributed by atoms with van der Waals surface area (Å²) in [6, 6.07) is 11.3. The summed E-state index contributed by atoms with van der Waals surface area (Å²) in [6.07, 6.45) is 3.71. The van der Waals surface area contributed by atoms with Crippen molar-refractivity contribution in [3.8, 4) is 23.0 Å². The lowest BCUT2D eigenvalue weighted by Gasteiger charge is -2.26. The van der Waals surface area contributed by atoms with Crippen molar-refractivity contribution in [2.75, 3.05) is 12.4 Å². The van der Waals surface area contributed by atoms with E-state index >= 15 is 0 Å². The van der Waals surface area contributed by atoms with Crippen molar-refractivity contribution in [2.24, 2.45) is 0 Å². The second-order valence-corrected chi connectivity index (χ2v) is 8.56. The quantitative estimate of drug-likeness (QED) is 0.419. The predicted molar refractivity (Wildman–Crippen MR) is 120 cm³/mol. The lowest BCUT2D eigenvalue weighted by atomic mass is 9.96. The minimum Gasteiger partial charge on any atom is -0.496 e. The number of carbonyl (C=O) groups excluding carboxylic acids is 1. The standard InChI is InChI=1S/C22H21N5O4S/c1-12-10-18-16(11-17(12)29-2)19(20(32-18)21(28)23-22-24-26-27-25-22)31-15-8-6-14(7-9-15)30-13-4-3-5-13/h6-11,13H,3-5H2,1-2H3,(H2,23,24,25,26,27,28). The van der Waals surface area contributed by atoms with Crippen LogP contribution in [0.1, 0.15) is 34.5 Å². The number of benzene rings is 2. The molecule has 9 nitrogen and oxygen atoms in total. The summed E-state index contributed by atoms with van der Waals surface area (Å²) in [5, 5.41) is 16.8. The molecule has 2 aromatic heterocycles. The molecular weight excluding hydrogens is 430 g/mol. The molecule has 4 aromatic rings. The zero-order valence-electron chi connectivity index (χ0n) is 17.5. The van der Waals surface area contributed by atoms with E-state index < -0.39 is 0 Å². The highest BCUT2D eigenvalue weighted by Gasteiger charge is 2.23. The summed E-state index contributed by atoms with van der Waals surface area (Å²) in [5.41, 5.74) is 0.968. The van der Waals surface area contributed by atoms with Crippen molar-refractivity contribution in [3.05, 3.63) is 46.8 Å². The van der Waals surface area contributed by atoms with Crippen LogP contribution < -0.4 is 19.5 Å². The van der Waals surface area contributed by atoms with Crippen molar-refractivity contribution >= 4 is 33.3 Å². The number of nitrogens with one attached hydrogen (secondary N) is 2. The zero-order valence-corrected chi connectivity index (χ0v) is 18.4. The van der Waals surface area contributed by atoms with Gasteiger partial charge in [-0.05, 0) is 73.4 Å². The van der Waals surface area contributed by atoms with Crippen molar-refractivity contribution in [1.82, 2.24) is 20.6 Å². The number of rotatable bonds is 7. The number of aromatic nitrogens is 4. The first kappa shape index (κ1) is 20.3. The van der Waals surface area contributed by atoms with Gasteiger partial charge in [0.25, 0.3) is 11.9 Å². The fraction of sp³-hybridized carbons (Fsp3) is 0.273. The van der Waals surface area contributed by atoms with Crippen LogP contribution in [-0.4, -0.2) is 39.7 Å². The number of hydrogen-bond acceptors (Lipinski definition) is 8. The number of amides is 1. The largest absolute Gasteiger partial charge is 0.496 e. The average molecular weight is 452 g/mol. The number of carbonyl (C=O) groups is 1. The summed E-state index contributed by atoms with van der Waals surface area (Å²) in [6.45, 7) is 1.96. The normalized spacial score (nSPS) is 13.6. The molecule has 32 heavy (non-hydrogen) atoms. The molecule has 1 amide bonds. The number of H-pyrrole nitrogens is 1. The van der Waals surface area contributed by atoms with Crippen LogP contribution in [0.2, 0.25) is 0 Å². The molecular formula is C22H21N5O4S. The Kier molecular flexibility index (Phi) is 5.36. The Morgan fingerprint density at radius 3 is 2.62 bits per heavy atom. The van der Waals surface area contributed by atoms with Crippen LogP contribution in [0.5, 0.6) is 23.0 Å². The van der Waals surface area contributed by atoms with E-state index in [9.17, 15) is 4.79 Å². The Balaban J connectivity index is 1.49. The number of nitrogens with zero attached hydrogens (tertiary/aromatic N) is 3. The molecule has 0 spiro atoms. The number of methoxy groups -OCH3 is 1. The number of fused-ring (bicyclic) bond motifs is 1. The Morgan fingerprint density at radius 1 is 1.19 bits per heavy atom. The van der Waals surface area contributed by atoms with E-state index in [2.05, 4.69) is 25.9 Å². The van der Waals surface area contributed by atoms with Crippen LogP contribution in [0.15, 0.2) is 36.4 Å². The van der Waals surface area contributed by atoms with Crippen LogP contribution in [0, 0.1) is 6.92 Å². The maximum absolute atomic E-state index is 13.0. The number of aromatic amines is 1. The van der Waals surface area contributed by atoms with Gasteiger partial charge in [0, 0.05) is 10.1 Å². The summed E-state index contributed by atoms with van der Waals surface area (Å²) in [7, 11) is 1.62. The molecule has 0 radical (unpaired) electrons. The average Bonchev–Trinajstić information content (AvgIpc) is 3.39. The van der Waals surface area contributed by atoms with Gasteiger partial charge in [0.15, 0.2) is 5.75 Å². The van der Waals surface area contributed by atoms with Crippen LogP contribution >= 0.6 is 11.3 Å². The van der Waals surface area contributed by atoms with Crippen LogP contribution in [0.3, 0.4) is 0 Å². The van der Waals surface area contributed by atoms with E-state index in [4.69, 9.17) is 14.2 Å². The van der Waals surface area contributed by atoms with Crippen molar-refractivity contribution in [3.63, 3.8) is 0 Å². The Labute approximate surface area is 187 Å². The smallest absolute Gasteiger partial charge is 0.272 e. The molecule has 1 saturated carbocycles. The van der Waals surface area contributed by atoms with E-state index in [-0.39, 0.29) is 11.9 Å². The van der Waals surface area contributed by atoms with Gasteiger partial charge in [-0.15, -0.1) is 16.4 Å². The maximum atomic E-state index is 13.0. The number of tetrazole rings is 1. The van der Waals surface area contributed by atoms with Gasteiger partial charge < -0.3 is 14.2 Å². The first-order valence-electron chi connectivity index (χ1n) is 10.2. The first-order chi connectivity index (χ1) is 15.6. The Hall–Kier alpha value is -3.66. The molecule has 10 heteroatoms. The number of ether oxygens (including phenoxy) is 3. The second kappa shape index (κ2) is 8.46. The van der Waals surface area contributed by atoms with E-state index in [1.807, 2.05) is 43.3 Å². The predicted octanol–water partition coefficient (Wildman–Crippen LogP) is 4.71. The van der Waals surface area contributed by atoms with Crippen molar-refractivity contribution < 1.29 is 19.0 Å². The van der Waals surface area contributed by atoms with Crippen LogP contribution in [0.25, 0.3) is 10.1 Å². The number of thiophene rings is 1. The maximum Gasteiger partial charge on any atom is 0.272 e. The molecule has 0 aliphatic heterocycles. The van der Waals surface area contributed by atoms with Gasteiger partial charge >= 0.3 is 0 Å². The van der Waals surface area contributed by atoms with E-state index in [1.54, 1.807) is 7.11 Å². The second-order valence-electron chi connectivity index (χ2n) is 7.51. The fourth-order valence-corrected chi connectivity index (χ4v) is 4.54. The first-order valence-corrected chi connectivity index (χ1v) is 11.0. The van der Waals surface area contributed by atoms with Gasteiger partial charge in [0.1, 0.15) is 22.1 Å². The molecule has 2 aromatic carbocycles. The molecule has 1 fully saturated rings. The topological polar surface area (TPSA) is 111 Å². The van der Waals surface area contributed by atoms with Gasteiger partial charge in [-0.3, -0.25) is 10.1 Å². The lowest BCUT2D eigenvalue weighted by Crippen LogP contribution is -2.24. The molecule has 5 rings (SSSR count). The molecule has 0 unspecified atom stereocenters. The van der Waals surface area contributed by atoms with Gasteiger partial charge in [0.2, 0.25) is 0 Å². The molecule has 0 bridgehead atoms. The minimum absolute atomic E-state index is 0.0877. The third kappa shape index (κ3) is 3.96. The zero-order chi connectivity index (χ0) is 22.1. The van der Waals surface area contributed by atoms with Crippen molar-refractivity contribution in [2.45, 2.75) is 32.3 Å². The monoisotopic (exact) mass is 451 g/mol. The Morgan fingerprint density at radius 2 is 1.97 bits per heavy atom. The van der Waals surface area contributed by atoms with E-state index in [0.29, 0.717) is 22.5 Å². The summed E-state index contributed by atoms with van der Waals surface area (Å²) in [5.74, 6) is 2.27. The molecule has 0 saturated heterocycles. The number of hydrogen-bond donors (Lipinski definition) is 2. The third-order valence-corrected chi connectivity index (χ3v) is 6.47.